The second-order valence-electron chi connectivity index (χ2n) is 2.27. The van der Waals surface area contributed by atoms with E-state index in [4.69, 9.17) is 0 Å². The van der Waals surface area contributed by atoms with Crippen LogP contribution in [0.25, 0.3) is 0 Å². The van der Waals surface area contributed by atoms with Crippen LogP contribution in [-0.2, 0) is 0 Å². The lowest BCUT2D eigenvalue weighted by Gasteiger charge is -2.04. The standard InChI is InChI=1S/C8H16/c1-4-6-7-8(3)5-2/h8H,1,3-7H2,2H3. The first-order chi connectivity index (χ1) is 3.81. The van der Waals surface area contributed by atoms with Crippen molar-refractivity contribution in [3.63, 3.8) is 0 Å². The van der Waals surface area contributed by atoms with Gasteiger partial charge < -0.3 is 0 Å². The predicted molar refractivity (Wildman–Crippen MR) is 38.3 cm³/mol. The van der Waals surface area contributed by atoms with E-state index in [1.165, 1.54) is 19.3 Å². The SMILES string of the molecule is [CH2]CCCC([CH2])CC. The van der Waals surface area contributed by atoms with Crippen LogP contribution < -0.4 is 0 Å². The van der Waals surface area contributed by atoms with Crippen molar-refractivity contribution in [2.75, 3.05) is 0 Å². The molecule has 0 amide bonds. The zero-order chi connectivity index (χ0) is 6.41. The second-order valence-corrected chi connectivity index (χ2v) is 2.27. The molecule has 48 valence electrons. The molecular weight excluding hydrogens is 96.1 g/mol. The molecule has 0 aromatic rings. The van der Waals surface area contributed by atoms with Crippen molar-refractivity contribution in [1.29, 1.82) is 0 Å². The molecule has 2 radical (unpaired) electrons. The summed E-state index contributed by atoms with van der Waals surface area (Å²) in [6.07, 6.45) is 4.76. The summed E-state index contributed by atoms with van der Waals surface area (Å²) in [4.78, 5) is 0. The molecular formula is C8H16. The highest BCUT2D eigenvalue weighted by Crippen LogP contribution is 2.09. The average Bonchev–Trinajstić information content (AvgIpc) is 1.83. The van der Waals surface area contributed by atoms with Crippen molar-refractivity contribution in [2.45, 2.75) is 32.6 Å². The minimum atomic E-state index is 0.664. The first kappa shape index (κ1) is 8.00. The summed E-state index contributed by atoms with van der Waals surface area (Å²) in [7, 11) is 0. The summed E-state index contributed by atoms with van der Waals surface area (Å²) in [5, 5.41) is 0. The van der Waals surface area contributed by atoms with Crippen molar-refractivity contribution in [2.24, 2.45) is 5.92 Å². The molecule has 0 saturated carbocycles. The lowest BCUT2D eigenvalue weighted by molar-refractivity contribution is 0.545. The lowest BCUT2D eigenvalue weighted by Crippen LogP contribution is -1.90. The maximum atomic E-state index is 3.97. The molecule has 0 aromatic heterocycles. The van der Waals surface area contributed by atoms with Gasteiger partial charge in [0.2, 0.25) is 0 Å². The summed E-state index contributed by atoms with van der Waals surface area (Å²) in [6, 6.07) is 0. The lowest BCUT2D eigenvalue weighted by atomic mass is 10.0. The molecule has 8 heavy (non-hydrogen) atoms. The third-order valence-electron chi connectivity index (χ3n) is 1.44. The number of hydrogen-bond donors (Lipinski definition) is 0. The monoisotopic (exact) mass is 112 g/mol. The third-order valence-corrected chi connectivity index (χ3v) is 1.44. The number of hydrogen-bond acceptors (Lipinski definition) is 0. The van der Waals surface area contributed by atoms with Gasteiger partial charge in [0, 0.05) is 0 Å². The van der Waals surface area contributed by atoms with Crippen molar-refractivity contribution < 1.29 is 0 Å². The van der Waals surface area contributed by atoms with Crippen molar-refractivity contribution in [3.8, 4) is 0 Å². The Morgan fingerprint density at radius 3 is 2.50 bits per heavy atom. The van der Waals surface area contributed by atoms with Crippen LogP contribution in [0.1, 0.15) is 32.6 Å². The van der Waals surface area contributed by atoms with E-state index in [1.807, 2.05) is 0 Å². The number of rotatable bonds is 4. The Morgan fingerprint density at radius 2 is 2.12 bits per heavy atom. The van der Waals surface area contributed by atoms with Crippen LogP contribution >= 0.6 is 0 Å². The van der Waals surface area contributed by atoms with Gasteiger partial charge in [-0.2, -0.15) is 0 Å². The van der Waals surface area contributed by atoms with E-state index in [0.717, 1.165) is 6.42 Å². The Labute approximate surface area is 53.3 Å². The topological polar surface area (TPSA) is 0 Å². The van der Waals surface area contributed by atoms with Crippen molar-refractivity contribution in [3.05, 3.63) is 13.8 Å². The van der Waals surface area contributed by atoms with Crippen molar-refractivity contribution in [1.82, 2.24) is 0 Å². The zero-order valence-electron chi connectivity index (χ0n) is 5.82. The smallest absolute Gasteiger partial charge is 0.0417 e. The van der Waals surface area contributed by atoms with Gasteiger partial charge in [0.1, 0.15) is 0 Å². The first-order valence-corrected chi connectivity index (χ1v) is 3.43. The predicted octanol–water partition coefficient (Wildman–Crippen LogP) is 2.85. The fraction of sp³-hybridized carbons (Fsp3) is 0.750. The van der Waals surface area contributed by atoms with Crippen LogP contribution in [0, 0.1) is 19.8 Å². The molecule has 0 aliphatic heterocycles. The fourth-order valence-electron chi connectivity index (χ4n) is 0.637. The van der Waals surface area contributed by atoms with Gasteiger partial charge in [-0.25, -0.2) is 0 Å². The summed E-state index contributed by atoms with van der Waals surface area (Å²) in [5.41, 5.74) is 0. The molecule has 0 heteroatoms. The molecule has 0 aromatic carbocycles. The van der Waals surface area contributed by atoms with Crippen LogP contribution in [0.5, 0.6) is 0 Å². The highest BCUT2D eigenvalue weighted by atomic mass is 14.0. The molecule has 0 aliphatic carbocycles. The van der Waals surface area contributed by atoms with E-state index in [9.17, 15) is 0 Å². The summed E-state index contributed by atoms with van der Waals surface area (Å²) < 4.78 is 0. The maximum absolute atomic E-state index is 3.97. The van der Waals surface area contributed by atoms with E-state index >= 15 is 0 Å². The molecule has 0 rings (SSSR count). The van der Waals surface area contributed by atoms with Gasteiger partial charge in [0.05, 0.1) is 0 Å². The van der Waals surface area contributed by atoms with Gasteiger partial charge in [-0.15, -0.1) is 0 Å². The Balaban J connectivity index is 2.86. The zero-order valence-corrected chi connectivity index (χ0v) is 5.82. The summed E-state index contributed by atoms with van der Waals surface area (Å²) in [5.74, 6) is 0.664. The third kappa shape index (κ3) is 4.17. The molecule has 0 aliphatic rings. The Kier molecular flexibility index (Phi) is 5.14. The molecule has 0 N–H and O–H groups in total. The number of unbranched alkanes of at least 4 members (excludes halogenated alkanes) is 1. The van der Waals surface area contributed by atoms with E-state index in [-0.39, 0.29) is 0 Å². The van der Waals surface area contributed by atoms with Gasteiger partial charge >= 0.3 is 0 Å². The second kappa shape index (κ2) is 5.14. The van der Waals surface area contributed by atoms with Crippen LogP contribution in [0.3, 0.4) is 0 Å². The van der Waals surface area contributed by atoms with E-state index < -0.39 is 0 Å². The summed E-state index contributed by atoms with van der Waals surface area (Å²) >= 11 is 0. The van der Waals surface area contributed by atoms with Gasteiger partial charge in [0.15, 0.2) is 0 Å². The molecule has 0 heterocycles. The highest BCUT2D eigenvalue weighted by Gasteiger charge is 1.94. The Hall–Kier alpha value is 0. The molecule has 0 bridgehead atoms. The normalized spacial score (nSPS) is 13.9. The molecule has 0 saturated heterocycles. The average molecular weight is 112 g/mol. The largest absolute Gasteiger partial charge is 0.0651 e. The Bertz CT molecular complexity index is 39.3. The van der Waals surface area contributed by atoms with E-state index in [2.05, 4.69) is 20.8 Å². The van der Waals surface area contributed by atoms with Crippen molar-refractivity contribution >= 4 is 0 Å². The first-order valence-electron chi connectivity index (χ1n) is 3.43. The Morgan fingerprint density at radius 1 is 1.50 bits per heavy atom. The summed E-state index contributed by atoms with van der Waals surface area (Å²) in [6.45, 7) is 9.91. The molecule has 0 spiro atoms. The molecule has 0 fully saturated rings. The molecule has 1 unspecified atom stereocenters. The molecule has 0 nitrogen and oxygen atoms in total. The minimum absolute atomic E-state index is 0.664. The van der Waals surface area contributed by atoms with E-state index in [1.54, 1.807) is 0 Å². The van der Waals surface area contributed by atoms with Gasteiger partial charge in [-0.1, -0.05) is 46.5 Å². The molecule has 1 atom stereocenters. The van der Waals surface area contributed by atoms with Gasteiger partial charge in [0.25, 0.3) is 0 Å². The maximum Gasteiger partial charge on any atom is -0.0417 e. The van der Waals surface area contributed by atoms with Crippen LogP contribution in [0.4, 0.5) is 0 Å². The van der Waals surface area contributed by atoms with E-state index in [0.29, 0.717) is 5.92 Å². The highest BCUT2D eigenvalue weighted by molar-refractivity contribution is 4.58. The minimum Gasteiger partial charge on any atom is -0.0651 e. The van der Waals surface area contributed by atoms with Crippen LogP contribution in [-0.4, -0.2) is 0 Å². The van der Waals surface area contributed by atoms with Crippen LogP contribution in [0.15, 0.2) is 0 Å². The van der Waals surface area contributed by atoms with Gasteiger partial charge in [-0.3, -0.25) is 0 Å². The van der Waals surface area contributed by atoms with Gasteiger partial charge in [-0.05, 0) is 5.92 Å². The van der Waals surface area contributed by atoms with Crippen LogP contribution in [0.2, 0.25) is 0 Å². The quantitative estimate of drug-likeness (QED) is 0.524. The fourth-order valence-corrected chi connectivity index (χ4v) is 0.637.